The third-order valence-corrected chi connectivity index (χ3v) is 1.96. The van der Waals surface area contributed by atoms with Gasteiger partial charge in [0, 0.05) is 0 Å². The van der Waals surface area contributed by atoms with Crippen molar-refractivity contribution in [2.24, 2.45) is 5.41 Å². The van der Waals surface area contributed by atoms with Crippen LogP contribution in [0.1, 0.15) is 39.5 Å². The van der Waals surface area contributed by atoms with Crippen LogP contribution < -0.4 is 0 Å². The smallest absolute Gasteiger partial charge is 0.129 e. The van der Waals surface area contributed by atoms with Gasteiger partial charge in [0.1, 0.15) is 21.0 Å². The highest BCUT2D eigenvalue weighted by atomic mass is 28.3. The van der Waals surface area contributed by atoms with Gasteiger partial charge in [-0.1, -0.05) is 26.7 Å². The van der Waals surface area contributed by atoms with E-state index in [2.05, 4.69) is 18.0 Å². The summed E-state index contributed by atoms with van der Waals surface area (Å²) in [7, 11) is 1.86. The first-order valence-corrected chi connectivity index (χ1v) is 5.66. The first-order valence-electron chi connectivity index (χ1n) is 4.02. The monoisotopic (exact) mass is 176 g/mol. The van der Waals surface area contributed by atoms with E-state index in [4.69, 9.17) is 0 Å². The minimum Gasteiger partial charge on any atom is -0.471 e. The average Bonchev–Trinajstić information content (AvgIpc) is 2.16. The van der Waals surface area contributed by atoms with Gasteiger partial charge in [-0.05, 0) is 18.3 Å². The van der Waals surface area contributed by atoms with Gasteiger partial charge in [-0.2, -0.15) is 0 Å². The lowest BCUT2D eigenvalue weighted by atomic mass is 9.92. The topological polar surface area (TPSA) is 9.23 Å². The van der Waals surface area contributed by atoms with Crippen molar-refractivity contribution in [1.29, 1.82) is 0 Å². The van der Waals surface area contributed by atoms with Crippen LogP contribution in [-0.2, 0) is 4.12 Å². The molecular formula is C7H20OSi2. The summed E-state index contributed by atoms with van der Waals surface area (Å²) in [6.45, 7) is 4.72. The molecule has 1 aliphatic rings. The van der Waals surface area contributed by atoms with Gasteiger partial charge >= 0.3 is 0 Å². The Bertz CT molecular complexity index is 75.7. The lowest BCUT2D eigenvalue weighted by molar-refractivity contribution is 0.382. The second kappa shape index (κ2) is 5.10. The maximum absolute atomic E-state index is 4.53. The second-order valence-corrected chi connectivity index (χ2v) is 7.05. The van der Waals surface area contributed by atoms with Crippen LogP contribution in [0.4, 0.5) is 0 Å². The molecular weight excluding hydrogens is 156 g/mol. The predicted octanol–water partition coefficient (Wildman–Crippen LogP) is 0.150. The molecule has 1 nitrogen and oxygen atoms in total. The first-order chi connectivity index (χ1) is 4.62. The normalized spacial score (nSPS) is 22.2. The van der Waals surface area contributed by atoms with E-state index < -0.39 is 0 Å². The van der Waals surface area contributed by atoms with Crippen LogP contribution in [0.15, 0.2) is 0 Å². The van der Waals surface area contributed by atoms with Crippen molar-refractivity contribution in [3.05, 3.63) is 0 Å². The summed E-state index contributed by atoms with van der Waals surface area (Å²) in [4.78, 5) is 0. The highest BCUT2D eigenvalue weighted by Gasteiger charge is 2.21. The Labute approximate surface area is 70.6 Å². The molecule has 0 atom stereocenters. The summed E-state index contributed by atoms with van der Waals surface area (Å²) in [5, 5.41) is 0. The molecule has 0 aromatic carbocycles. The second-order valence-electron chi connectivity index (χ2n) is 3.78. The van der Waals surface area contributed by atoms with Crippen LogP contribution in [0.3, 0.4) is 0 Å². The summed E-state index contributed by atoms with van der Waals surface area (Å²) in [6.07, 6.45) is 5.83. The molecule has 62 valence electrons. The minimum absolute atomic E-state index is 0.694. The van der Waals surface area contributed by atoms with Crippen molar-refractivity contribution in [2.75, 3.05) is 0 Å². The van der Waals surface area contributed by atoms with Crippen LogP contribution in [0.2, 0.25) is 0 Å². The van der Waals surface area contributed by atoms with Crippen molar-refractivity contribution < 1.29 is 4.12 Å². The Morgan fingerprint density at radius 1 is 1.10 bits per heavy atom. The fourth-order valence-corrected chi connectivity index (χ4v) is 1.33. The minimum atomic E-state index is 0.694. The molecule has 10 heavy (non-hydrogen) atoms. The Balaban J connectivity index is 0.000000236. The van der Waals surface area contributed by atoms with Crippen molar-refractivity contribution in [3.63, 3.8) is 0 Å². The van der Waals surface area contributed by atoms with Crippen LogP contribution in [0, 0.1) is 5.41 Å². The third kappa shape index (κ3) is 5.20. The van der Waals surface area contributed by atoms with Crippen molar-refractivity contribution in [2.45, 2.75) is 39.5 Å². The zero-order valence-electron chi connectivity index (χ0n) is 7.74. The van der Waals surface area contributed by atoms with Crippen LogP contribution in [0.5, 0.6) is 0 Å². The molecule has 0 amide bonds. The number of hydrogen-bond acceptors (Lipinski definition) is 1. The van der Waals surface area contributed by atoms with Gasteiger partial charge in [0.2, 0.25) is 0 Å². The maximum Gasteiger partial charge on any atom is 0.129 e. The Morgan fingerprint density at radius 3 is 1.50 bits per heavy atom. The van der Waals surface area contributed by atoms with E-state index in [0.29, 0.717) is 5.41 Å². The lowest BCUT2D eigenvalue weighted by Gasteiger charge is -2.13. The molecule has 0 unspecified atom stereocenters. The van der Waals surface area contributed by atoms with Gasteiger partial charge in [-0.15, -0.1) is 0 Å². The molecule has 0 heterocycles. The van der Waals surface area contributed by atoms with Gasteiger partial charge in [-0.25, -0.2) is 0 Å². The van der Waals surface area contributed by atoms with E-state index in [1.807, 2.05) is 0 Å². The fourth-order valence-electron chi connectivity index (χ4n) is 1.33. The molecule has 1 rings (SSSR count). The molecule has 1 saturated carbocycles. The lowest BCUT2D eigenvalue weighted by Crippen LogP contribution is -2.01. The van der Waals surface area contributed by atoms with E-state index >= 15 is 0 Å². The van der Waals surface area contributed by atoms with E-state index in [1.165, 1.54) is 25.7 Å². The van der Waals surface area contributed by atoms with Crippen molar-refractivity contribution in [3.8, 4) is 0 Å². The average molecular weight is 176 g/mol. The van der Waals surface area contributed by atoms with E-state index in [-0.39, 0.29) is 0 Å². The largest absolute Gasteiger partial charge is 0.471 e. The molecule has 0 N–H and O–H groups in total. The number of rotatable bonds is 0. The molecule has 1 fully saturated rings. The van der Waals surface area contributed by atoms with Crippen LogP contribution >= 0.6 is 0 Å². The zero-order valence-corrected chi connectivity index (χ0v) is 11.7. The quantitative estimate of drug-likeness (QED) is 0.478. The van der Waals surface area contributed by atoms with Gasteiger partial charge in [0.05, 0.1) is 0 Å². The fraction of sp³-hybridized carbons (Fsp3) is 1.00. The number of hydrogen-bond donors (Lipinski definition) is 0. The van der Waals surface area contributed by atoms with Gasteiger partial charge < -0.3 is 4.12 Å². The molecule has 0 aromatic rings. The molecule has 0 radical (unpaired) electrons. The zero-order chi connectivity index (χ0) is 8.04. The summed E-state index contributed by atoms with van der Waals surface area (Å²) in [5.74, 6) is 0. The Morgan fingerprint density at radius 2 is 1.40 bits per heavy atom. The van der Waals surface area contributed by atoms with E-state index in [9.17, 15) is 0 Å². The molecule has 0 bridgehead atoms. The molecule has 1 aliphatic carbocycles. The predicted molar refractivity (Wildman–Crippen MR) is 53.2 cm³/mol. The first kappa shape index (κ1) is 10.4. The molecule has 3 heteroatoms. The van der Waals surface area contributed by atoms with Gasteiger partial charge in [0.25, 0.3) is 0 Å². The standard InChI is InChI=1S/C7H14.H6OSi2/c1-7(2)5-3-4-6-7;2-1-3/h3-6H2,1-2H3;2-3H3. The van der Waals surface area contributed by atoms with Gasteiger partial charge in [0.15, 0.2) is 0 Å². The molecule has 0 aromatic heterocycles. The van der Waals surface area contributed by atoms with Crippen LogP contribution in [0.25, 0.3) is 0 Å². The summed E-state index contributed by atoms with van der Waals surface area (Å²) in [6, 6.07) is 0. The SMILES string of the molecule is CC1(C)CCCC1.[SiH3]O[SiH3]. The Kier molecular flexibility index (Phi) is 5.30. The maximum atomic E-state index is 4.53. The third-order valence-electron chi connectivity index (χ3n) is 1.96. The molecule has 0 spiro atoms. The van der Waals surface area contributed by atoms with Crippen molar-refractivity contribution >= 4 is 21.0 Å². The summed E-state index contributed by atoms with van der Waals surface area (Å²) in [5.41, 5.74) is 0.694. The molecule has 0 aliphatic heterocycles. The van der Waals surface area contributed by atoms with Crippen molar-refractivity contribution in [1.82, 2.24) is 0 Å². The summed E-state index contributed by atoms with van der Waals surface area (Å²) >= 11 is 0. The summed E-state index contributed by atoms with van der Waals surface area (Å²) < 4.78 is 4.53. The van der Waals surface area contributed by atoms with Crippen LogP contribution in [-0.4, -0.2) is 21.0 Å². The highest BCUT2D eigenvalue weighted by molar-refractivity contribution is 6.15. The van der Waals surface area contributed by atoms with E-state index in [0.717, 1.165) is 21.0 Å². The molecule has 0 saturated heterocycles. The highest BCUT2D eigenvalue weighted by Crippen LogP contribution is 2.36. The van der Waals surface area contributed by atoms with E-state index in [1.54, 1.807) is 0 Å². The Hall–Kier alpha value is 0.394. The van der Waals surface area contributed by atoms with Gasteiger partial charge in [-0.3, -0.25) is 0 Å².